The quantitative estimate of drug-likeness (QED) is 0.750. The molecule has 120 valence electrons. The van der Waals surface area contributed by atoms with Crippen LogP contribution in [0.4, 0.5) is 4.39 Å². The summed E-state index contributed by atoms with van der Waals surface area (Å²) in [5.74, 6) is -0.0267. The number of likely N-dealkylation sites (tertiary alicyclic amines) is 1. The van der Waals surface area contributed by atoms with Crippen LogP contribution >= 0.6 is 0 Å². The Morgan fingerprint density at radius 2 is 1.96 bits per heavy atom. The zero-order chi connectivity index (χ0) is 16.1. The van der Waals surface area contributed by atoms with Gasteiger partial charge in [-0.05, 0) is 45.1 Å². The number of fused-ring (bicyclic) bond motifs is 3. The number of rotatable bonds is 1. The van der Waals surface area contributed by atoms with E-state index in [2.05, 4.69) is 22.0 Å². The van der Waals surface area contributed by atoms with Crippen molar-refractivity contribution in [2.45, 2.75) is 18.8 Å². The Kier molecular flexibility index (Phi) is 3.23. The number of pyridine rings is 1. The van der Waals surface area contributed by atoms with Crippen molar-refractivity contribution in [3.05, 3.63) is 40.1 Å². The van der Waals surface area contributed by atoms with Gasteiger partial charge >= 0.3 is 0 Å². The van der Waals surface area contributed by atoms with Crippen LogP contribution in [0.1, 0.15) is 24.5 Å². The lowest BCUT2D eigenvalue weighted by molar-refractivity contribution is 0.253. The molecule has 1 N–H and O–H groups in total. The second-order valence-corrected chi connectivity index (χ2v) is 6.45. The molecular weight excluding hydrogens is 295 g/mol. The maximum Gasteiger partial charge on any atom is 0.257 e. The van der Waals surface area contributed by atoms with Gasteiger partial charge in [-0.25, -0.2) is 4.39 Å². The molecule has 0 amide bonds. The van der Waals surface area contributed by atoms with Gasteiger partial charge in [-0.1, -0.05) is 6.07 Å². The third kappa shape index (κ3) is 2.25. The molecule has 1 aliphatic rings. The van der Waals surface area contributed by atoms with E-state index < -0.39 is 5.82 Å². The van der Waals surface area contributed by atoms with E-state index in [1.807, 2.05) is 7.05 Å². The Labute approximate surface area is 132 Å². The van der Waals surface area contributed by atoms with Gasteiger partial charge in [0.05, 0.1) is 11.1 Å². The van der Waals surface area contributed by atoms with Crippen molar-refractivity contribution in [3.63, 3.8) is 0 Å². The third-order valence-electron chi connectivity index (χ3n) is 4.91. The standard InChI is InChI=1S/C17H19FN4O/c1-21-7-5-10(6-8-21)15-14-12-4-3-11(18)9-13(12)17(23)19-16(14)22(2)20-15/h3-4,9-10H,5-8H2,1-2H3,(H,19,23). The minimum atomic E-state index is -0.396. The lowest BCUT2D eigenvalue weighted by atomic mass is 9.91. The summed E-state index contributed by atoms with van der Waals surface area (Å²) in [5, 5.41) is 6.81. The molecule has 0 saturated carbocycles. The van der Waals surface area contributed by atoms with Gasteiger partial charge in [0.15, 0.2) is 0 Å². The predicted molar refractivity (Wildman–Crippen MR) is 88.3 cm³/mol. The van der Waals surface area contributed by atoms with Crippen molar-refractivity contribution < 1.29 is 4.39 Å². The molecule has 4 rings (SSSR count). The first-order valence-electron chi connectivity index (χ1n) is 7.91. The molecule has 23 heavy (non-hydrogen) atoms. The normalized spacial score (nSPS) is 17.3. The molecule has 2 aromatic heterocycles. The molecule has 6 heteroatoms. The number of nitrogens with zero attached hydrogens (tertiary/aromatic N) is 3. The Morgan fingerprint density at radius 3 is 2.70 bits per heavy atom. The Balaban J connectivity index is 2.00. The first kappa shape index (κ1) is 14.4. The second-order valence-electron chi connectivity index (χ2n) is 6.45. The van der Waals surface area contributed by atoms with Gasteiger partial charge in [-0.2, -0.15) is 5.10 Å². The first-order valence-corrected chi connectivity index (χ1v) is 7.91. The van der Waals surface area contributed by atoms with Crippen LogP contribution in [0.5, 0.6) is 0 Å². The van der Waals surface area contributed by atoms with Crippen LogP contribution in [0.25, 0.3) is 21.8 Å². The number of hydrogen-bond acceptors (Lipinski definition) is 3. The van der Waals surface area contributed by atoms with E-state index in [1.54, 1.807) is 10.7 Å². The fourth-order valence-electron chi connectivity index (χ4n) is 3.62. The molecule has 1 aliphatic heterocycles. The molecule has 0 bridgehead atoms. The van der Waals surface area contributed by atoms with E-state index >= 15 is 0 Å². The zero-order valence-electron chi connectivity index (χ0n) is 13.3. The number of hydrogen-bond donors (Lipinski definition) is 1. The van der Waals surface area contributed by atoms with Crippen molar-refractivity contribution in [2.24, 2.45) is 7.05 Å². The summed E-state index contributed by atoms with van der Waals surface area (Å²) >= 11 is 0. The van der Waals surface area contributed by atoms with Crippen LogP contribution in [0.15, 0.2) is 23.0 Å². The minimum Gasteiger partial charge on any atom is -0.306 e. The zero-order valence-corrected chi connectivity index (χ0v) is 13.3. The van der Waals surface area contributed by atoms with Gasteiger partial charge in [-0.3, -0.25) is 9.48 Å². The second kappa shape index (κ2) is 5.16. The molecule has 3 heterocycles. The SMILES string of the molecule is CN1CCC(c2nn(C)c3[nH]c(=O)c4cc(F)ccc4c23)CC1. The van der Waals surface area contributed by atoms with Gasteiger partial charge in [-0.15, -0.1) is 0 Å². The van der Waals surface area contributed by atoms with Crippen LogP contribution in [0.3, 0.4) is 0 Å². The Morgan fingerprint density at radius 1 is 1.22 bits per heavy atom. The monoisotopic (exact) mass is 314 g/mol. The summed E-state index contributed by atoms with van der Waals surface area (Å²) < 4.78 is 15.3. The number of aromatic amines is 1. The fraction of sp³-hybridized carbons (Fsp3) is 0.412. The smallest absolute Gasteiger partial charge is 0.257 e. The van der Waals surface area contributed by atoms with Crippen LogP contribution in [-0.2, 0) is 7.05 Å². The molecule has 1 fully saturated rings. The van der Waals surface area contributed by atoms with Crippen LogP contribution in [0, 0.1) is 5.82 Å². The molecule has 3 aromatic rings. The molecule has 1 saturated heterocycles. The summed E-state index contributed by atoms with van der Waals surface area (Å²) in [6.07, 6.45) is 2.09. The highest BCUT2D eigenvalue weighted by atomic mass is 19.1. The van der Waals surface area contributed by atoms with Crippen molar-refractivity contribution in [1.82, 2.24) is 19.7 Å². The lowest BCUT2D eigenvalue weighted by Crippen LogP contribution is -2.29. The van der Waals surface area contributed by atoms with E-state index in [1.165, 1.54) is 12.1 Å². The number of aryl methyl sites for hydroxylation is 1. The molecule has 0 aliphatic carbocycles. The topological polar surface area (TPSA) is 53.9 Å². The highest BCUT2D eigenvalue weighted by molar-refractivity contribution is 6.05. The molecule has 0 spiro atoms. The van der Waals surface area contributed by atoms with Gasteiger partial charge in [0, 0.05) is 23.7 Å². The largest absolute Gasteiger partial charge is 0.306 e. The van der Waals surface area contributed by atoms with Gasteiger partial charge in [0.25, 0.3) is 5.56 Å². The highest BCUT2D eigenvalue weighted by Gasteiger charge is 2.25. The van der Waals surface area contributed by atoms with Crippen molar-refractivity contribution in [3.8, 4) is 0 Å². The molecule has 5 nitrogen and oxygen atoms in total. The number of H-pyrrole nitrogens is 1. The van der Waals surface area contributed by atoms with Crippen LogP contribution in [-0.4, -0.2) is 39.8 Å². The van der Waals surface area contributed by atoms with Crippen molar-refractivity contribution >= 4 is 21.8 Å². The number of piperidine rings is 1. The van der Waals surface area contributed by atoms with Crippen LogP contribution < -0.4 is 5.56 Å². The molecular formula is C17H19FN4O. The number of benzene rings is 1. The van der Waals surface area contributed by atoms with Crippen molar-refractivity contribution in [2.75, 3.05) is 20.1 Å². The molecule has 0 radical (unpaired) electrons. The first-order chi connectivity index (χ1) is 11.0. The van der Waals surface area contributed by atoms with E-state index in [-0.39, 0.29) is 5.56 Å². The number of halogens is 1. The minimum absolute atomic E-state index is 0.273. The third-order valence-corrected chi connectivity index (χ3v) is 4.91. The van der Waals surface area contributed by atoms with Gasteiger partial charge in [0.1, 0.15) is 11.5 Å². The van der Waals surface area contributed by atoms with E-state index in [9.17, 15) is 9.18 Å². The lowest BCUT2D eigenvalue weighted by Gasteiger charge is -2.28. The average molecular weight is 314 g/mol. The number of nitrogens with one attached hydrogen (secondary N) is 1. The molecule has 1 aromatic carbocycles. The summed E-state index contributed by atoms with van der Waals surface area (Å²) in [6, 6.07) is 4.41. The maximum absolute atomic E-state index is 13.5. The van der Waals surface area contributed by atoms with Gasteiger partial charge < -0.3 is 9.88 Å². The van der Waals surface area contributed by atoms with Gasteiger partial charge in [0.2, 0.25) is 0 Å². The van der Waals surface area contributed by atoms with E-state index in [0.29, 0.717) is 17.0 Å². The summed E-state index contributed by atoms with van der Waals surface area (Å²) in [7, 11) is 3.97. The predicted octanol–water partition coefficient (Wildman–Crippen LogP) is 2.36. The Bertz CT molecular complexity index is 951. The fourth-order valence-corrected chi connectivity index (χ4v) is 3.62. The average Bonchev–Trinajstić information content (AvgIpc) is 2.85. The summed E-state index contributed by atoms with van der Waals surface area (Å²) in [5.41, 5.74) is 1.46. The highest BCUT2D eigenvalue weighted by Crippen LogP contribution is 2.34. The summed E-state index contributed by atoms with van der Waals surface area (Å²) in [6.45, 7) is 2.08. The van der Waals surface area contributed by atoms with E-state index in [4.69, 9.17) is 0 Å². The van der Waals surface area contributed by atoms with Crippen molar-refractivity contribution in [1.29, 1.82) is 0 Å². The molecule has 0 atom stereocenters. The molecule has 0 unspecified atom stereocenters. The van der Waals surface area contributed by atoms with E-state index in [0.717, 1.165) is 42.4 Å². The Hall–Kier alpha value is -2.21. The number of aromatic nitrogens is 3. The van der Waals surface area contributed by atoms with Crippen LogP contribution in [0.2, 0.25) is 0 Å². The maximum atomic E-state index is 13.5. The summed E-state index contributed by atoms with van der Waals surface area (Å²) in [4.78, 5) is 17.4.